The van der Waals surface area contributed by atoms with Gasteiger partial charge in [0.2, 0.25) is 0 Å². The molecule has 0 aromatic rings. The van der Waals surface area contributed by atoms with Gasteiger partial charge in [0, 0.05) is 45.8 Å². The van der Waals surface area contributed by atoms with Crippen molar-refractivity contribution in [3.05, 3.63) is 12.4 Å². The molecule has 1 rings (SSSR count). The summed E-state index contributed by atoms with van der Waals surface area (Å²) in [6.45, 7) is 16.4. The fraction of sp³-hybridized carbons (Fsp3) is 0.833. The first kappa shape index (κ1) is 12.4. The molecule has 0 saturated carbocycles. The van der Waals surface area contributed by atoms with Gasteiger partial charge in [0.15, 0.2) is 0 Å². The van der Waals surface area contributed by atoms with E-state index in [1.807, 2.05) is 0 Å². The Labute approximate surface area is 94.3 Å². The summed E-state index contributed by atoms with van der Waals surface area (Å²) >= 11 is 0. The van der Waals surface area contributed by atoms with Gasteiger partial charge in [-0.15, -0.1) is 0 Å². The fourth-order valence-corrected chi connectivity index (χ4v) is 1.92. The standard InChI is InChI=1S/C12H25N3/c1-6-13(5)12(4)15-9-7-14(8-10-15)11(2)3/h11H,4,6-10H2,1-3,5H3. The Morgan fingerprint density at radius 1 is 1.27 bits per heavy atom. The van der Waals surface area contributed by atoms with Crippen molar-refractivity contribution in [2.24, 2.45) is 0 Å². The lowest BCUT2D eigenvalue weighted by molar-refractivity contribution is 0.109. The Bertz CT molecular complexity index is 205. The monoisotopic (exact) mass is 211 g/mol. The van der Waals surface area contributed by atoms with E-state index in [9.17, 15) is 0 Å². The smallest absolute Gasteiger partial charge is 0.0963 e. The molecule has 15 heavy (non-hydrogen) atoms. The first-order valence-electron chi connectivity index (χ1n) is 5.95. The van der Waals surface area contributed by atoms with Crippen LogP contribution in [-0.4, -0.2) is 60.5 Å². The molecule has 0 atom stereocenters. The zero-order valence-corrected chi connectivity index (χ0v) is 10.7. The van der Waals surface area contributed by atoms with Gasteiger partial charge in [-0.2, -0.15) is 0 Å². The molecule has 3 heteroatoms. The van der Waals surface area contributed by atoms with E-state index in [1.54, 1.807) is 0 Å². The first-order valence-corrected chi connectivity index (χ1v) is 5.95. The van der Waals surface area contributed by atoms with Gasteiger partial charge in [-0.25, -0.2) is 0 Å². The van der Waals surface area contributed by atoms with Crippen molar-refractivity contribution in [2.75, 3.05) is 39.8 Å². The van der Waals surface area contributed by atoms with Gasteiger partial charge in [-0.3, -0.25) is 4.90 Å². The molecule has 0 unspecified atom stereocenters. The maximum absolute atomic E-state index is 4.15. The summed E-state index contributed by atoms with van der Waals surface area (Å²) < 4.78 is 0. The van der Waals surface area contributed by atoms with Crippen molar-refractivity contribution in [3.63, 3.8) is 0 Å². The molecule has 0 N–H and O–H groups in total. The quantitative estimate of drug-likeness (QED) is 0.696. The van der Waals surface area contributed by atoms with E-state index >= 15 is 0 Å². The third-order valence-electron chi connectivity index (χ3n) is 3.32. The van der Waals surface area contributed by atoms with Gasteiger partial charge in [0.05, 0.1) is 5.82 Å². The van der Waals surface area contributed by atoms with Crippen molar-refractivity contribution >= 4 is 0 Å². The van der Waals surface area contributed by atoms with Gasteiger partial charge < -0.3 is 9.80 Å². The third kappa shape index (κ3) is 3.13. The van der Waals surface area contributed by atoms with Gasteiger partial charge in [-0.05, 0) is 20.8 Å². The van der Waals surface area contributed by atoms with Gasteiger partial charge in [0.1, 0.15) is 0 Å². The van der Waals surface area contributed by atoms with Crippen LogP contribution in [0.5, 0.6) is 0 Å². The summed E-state index contributed by atoms with van der Waals surface area (Å²) in [4.78, 5) is 7.13. The lowest BCUT2D eigenvalue weighted by atomic mass is 10.2. The fourth-order valence-electron chi connectivity index (χ4n) is 1.92. The lowest BCUT2D eigenvalue weighted by Crippen LogP contribution is -2.50. The molecule has 1 fully saturated rings. The topological polar surface area (TPSA) is 9.72 Å². The van der Waals surface area contributed by atoms with Gasteiger partial charge in [-0.1, -0.05) is 6.58 Å². The minimum atomic E-state index is 0.671. The molecule has 1 aliphatic rings. The Kier molecular flexibility index (Phi) is 4.45. The maximum atomic E-state index is 4.15. The highest BCUT2D eigenvalue weighted by Crippen LogP contribution is 2.12. The molecule has 1 heterocycles. The van der Waals surface area contributed by atoms with Crippen molar-refractivity contribution < 1.29 is 0 Å². The minimum Gasteiger partial charge on any atom is -0.362 e. The number of rotatable bonds is 4. The average Bonchev–Trinajstić information content (AvgIpc) is 2.27. The molecule has 0 radical (unpaired) electrons. The van der Waals surface area contributed by atoms with Crippen LogP contribution < -0.4 is 0 Å². The number of hydrogen-bond acceptors (Lipinski definition) is 3. The molecule has 0 aromatic heterocycles. The van der Waals surface area contributed by atoms with Crippen LogP contribution in [0, 0.1) is 0 Å². The van der Waals surface area contributed by atoms with Crippen LogP contribution in [0.1, 0.15) is 20.8 Å². The molecule has 0 spiro atoms. The molecule has 1 aliphatic heterocycles. The SMILES string of the molecule is C=C(N(C)CC)N1CCN(C(C)C)CC1. The van der Waals surface area contributed by atoms with Crippen LogP contribution in [0.4, 0.5) is 0 Å². The van der Waals surface area contributed by atoms with Crippen LogP contribution in [0.3, 0.4) is 0 Å². The van der Waals surface area contributed by atoms with E-state index in [1.165, 1.54) is 5.82 Å². The largest absolute Gasteiger partial charge is 0.362 e. The highest BCUT2D eigenvalue weighted by atomic mass is 15.4. The number of hydrogen-bond donors (Lipinski definition) is 0. The predicted octanol–water partition coefficient (Wildman–Crippen LogP) is 1.44. The van der Waals surface area contributed by atoms with Gasteiger partial charge >= 0.3 is 0 Å². The highest BCUT2D eigenvalue weighted by molar-refractivity contribution is 4.94. The van der Waals surface area contributed by atoms with Crippen LogP contribution in [0.2, 0.25) is 0 Å². The van der Waals surface area contributed by atoms with E-state index in [0.717, 1.165) is 32.7 Å². The highest BCUT2D eigenvalue weighted by Gasteiger charge is 2.20. The van der Waals surface area contributed by atoms with E-state index in [0.29, 0.717) is 6.04 Å². The second-order valence-corrected chi connectivity index (χ2v) is 4.55. The molecule has 0 amide bonds. The predicted molar refractivity (Wildman–Crippen MR) is 65.7 cm³/mol. The Morgan fingerprint density at radius 2 is 1.80 bits per heavy atom. The zero-order valence-electron chi connectivity index (χ0n) is 10.7. The first-order chi connectivity index (χ1) is 7.06. The molecular formula is C12H25N3. The number of nitrogens with zero attached hydrogens (tertiary/aromatic N) is 3. The van der Waals surface area contributed by atoms with E-state index in [2.05, 4.69) is 49.1 Å². The van der Waals surface area contributed by atoms with Crippen LogP contribution in [-0.2, 0) is 0 Å². The second kappa shape index (κ2) is 5.40. The van der Waals surface area contributed by atoms with Crippen molar-refractivity contribution in [2.45, 2.75) is 26.8 Å². The molecule has 0 aliphatic carbocycles. The summed E-state index contributed by atoms with van der Waals surface area (Å²) in [5.74, 6) is 1.17. The van der Waals surface area contributed by atoms with Crippen molar-refractivity contribution in [1.29, 1.82) is 0 Å². The van der Waals surface area contributed by atoms with Gasteiger partial charge in [0.25, 0.3) is 0 Å². The van der Waals surface area contributed by atoms with Crippen molar-refractivity contribution in [3.8, 4) is 0 Å². The summed E-state index contributed by atoms with van der Waals surface area (Å²) in [7, 11) is 2.11. The lowest BCUT2D eigenvalue weighted by Gasteiger charge is -2.40. The molecule has 88 valence electrons. The van der Waals surface area contributed by atoms with Crippen LogP contribution >= 0.6 is 0 Å². The summed E-state index contributed by atoms with van der Waals surface area (Å²) in [5, 5.41) is 0. The molecule has 0 aromatic carbocycles. The molecule has 0 bridgehead atoms. The summed E-state index contributed by atoms with van der Waals surface area (Å²) in [6, 6.07) is 0.671. The average molecular weight is 211 g/mol. The normalized spacial score (nSPS) is 18.3. The second-order valence-electron chi connectivity index (χ2n) is 4.55. The third-order valence-corrected chi connectivity index (χ3v) is 3.32. The van der Waals surface area contributed by atoms with Crippen LogP contribution in [0.25, 0.3) is 0 Å². The Balaban J connectivity index is 2.40. The maximum Gasteiger partial charge on any atom is 0.0963 e. The van der Waals surface area contributed by atoms with E-state index in [4.69, 9.17) is 0 Å². The van der Waals surface area contributed by atoms with Crippen molar-refractivity contribution in [1.82, 2.24) is 14.7 Å². The number of piperazine rings is 1. The minimum absolute atomic E-state index is 0.671. The summed E-state index contributed by atoms with van der Waals surface area (Å²) in [6.07, 6.45) is 0. The van der Waals surface area contributed by atoms with E-state index < -0.39 is 0 Å². The van der Waals surface area contributed by atoms with E-state index in [-0.39, 0.29) is 0 Å². The zero-order chi connectivity index (χ0) is 11.4. The Morgan fingerprint density at radius 3 is 2.20 bits per heavy atom. The molecule has 1 saturated heterocycles. The van der Waals surface area contributed by atoms with Crippen LogP contribution in [0.15, 0.2) is 12.4 Å². The molecular weight excluding hydrogens is 186 g/mol. The molecule has 3 nitrogen and oxygen atoms in total. The summed E-state index contributed by atoms with van der Waals surface area (Å²) in [5.41, 5.74) is 0. The Hall–Kier alpha value is -0.700.